The maximum absolute atomic E-state index is 13.4. The molecule has 1 aromatic rings. The van der Waals surface area contributed by atoms with Gasteiger partial charge in [-0.3, -0.25) is 0 Å². The van der Waals surface area contributed by atoms with Gasteiger partial charge in [-0.25, -0.2) is 8.78 Å². The molecule has 1 aromatic carbocycles. The summed E-state index contributed by atoms with van der Waals surface area (Å²) in [5, 5.41) is 14.0. The maximum Gasteiger partial charge on any atom is 0.270 e. The molecule has 4 heteroatoms. The number of aliphatic hydroxyl groups is 1. The van der Waals surface area contributed by atoms with Gasteiger partial charge in [0.2, 0.25) is 0 Å². The highest BCUT2D eigenvalue weighted by Gasteiger charge is 2.51. The van der Waals surface area contributed by atoms with E-state index < -0.39 is 11.5 Å². The molecule has 0 radical (unpaired) electrons. The molecule has 19 heavy (non-hydrogen) atoms. The number of rotatable bonds is 2. The summed E-state index contributed by atoms with van der Waals surface area (Å²) in [6, 6.07) is 6.26. The van der Waals surface area contributed by atoms with Gasteiger partial charge < -0.3 is 10.4 Å². The first kappa shape index (κ1) is 13.0. The van der Waals surface area contributed by atoms with E-state index in [1.54, 1.807) is 12.1 Å². The summed E-state index contributed by atoms with van der Waals surface area (Å²) in [5.74, 6) is -2.86. The molecular formula is C15H19F2NO. The second-order valence-electron chi connectivity index (χ2n) is 6.28. The van der Waals surface area contributed by atoms with Gasteiger partial charge in [0.05, 0.1) is 5.60 Å². The Bertz CT molecular complexity index is 493. The van der Waals surface area contributed by atoms with Gasteiger partial charge in [0, 0.05) is 25.6 Å². The Kier molecular flexibility index (Phi) is 2.74. The van der Waals surface area contributed by atoms with Gasteiger partial charge in [0.15, 0.2) is 0 Å². The predicted octanol–water partition coefficient (Wildman–Crippen LogP) is 2.76. The third kappa shape index (κ3) is 2.17. The van der Waals surface area contributed by atoms with Crippen molar-refractivity contribution in [1.82, 2.24) is 5.32 Å². The number of halogens is 2. The lowest BCUT2D eigenvalue weighted by Crippen LogP contribution is -2.52. The van der Waals surface area contributed by atoms with Crippen LogP contribution in [0.3, 0.4) is 0 Å². The highest BCUT2D eigenvalue weighted by Crippen LogP contribution is 2.51. The van der Waals surface area contributed by atoms with Gasteiger partial charge >= 0.3 is 0 Å². The van der Waals surface area contributed by atoms with Crippen molar-refractivity contribution in [1.29, 1.82) is 0 Å². The highest BCUT2D eigenvalue weighted by molar-refractivity contribution is 5.32. The Hall–Kier alpha value is -1.00. The van der Waals surface area contributed by atoms with Crippen molar-refractivity contribution in [3.63, 3.8) is 0 Å². The van der Waals surface area contributed by atoms with E-state index in [9.17, 15) is 13.9 Å². The van der Waals surface area contributed by atoms with Crippen LogP contribution in [-0.4, -0.2) is 18.2 Å². The van der Waals surface area contributed by atoms with E-state index in [1.165, 1.54) is 12.1 Å². The molecule has 1 atom stereocenters. The molecule has 1 aliphatic heterocycles. The molecular weight excluding hydrogens is 248 g/mol. The summed E-state index contributed by atoms with van der Waals surface area (Å²) < 4.78 is 26.8. The molecule has 2 fully saturated rings. The van der Waals surface area contributed by atoms with Crippen LogP contribution in [0.15, 0.2) is 24.3 Å². The van der Waals surface area contributed by atoms with E-state index in [0.29, 0.717) is 18.4 Å². The van der Waals surface area contributed by atoms with Crippen LogP contribution < -0.4 is 5.32 Å². The highest BCUT2D eigenvalue weighted by atomic mass is 19.3. The molecule has 0 bridgehead atoms. The van der Waals surface area contributed by atoms with Crippen molar-refractivity contribution in [3.8, 4) is 0 Å². The van der Waals surface area contributed by atoms with E-state index in [1.807, 2.05) is 0 Å². The molecule has 2 nitrogen and oxygen atoms in total. The van der Waals surface area contributed by atoms with Crippen molar-refractivity contribution in [2.75, 3.05) is 13.1 Å². The number of hydrogen-bond donors (Lipinski definition) is 2. The second kappa shape index (κ2) is 4.00. The molecule has 1 spiro atoms. The molecule has 1 saturated heterocycles. The van der Waals surface area contributed by atoms with Crippen molar-refractivity contribution < 1.29 is 13.9 Å². The monoisotopic (exact) mass is 267 g/mol. The number of alkyl halides is 2. The quantitative estimate of drug-likeness (QED) is 0.863. The standard InChI is InChI=1S/C15H19F2NO/c1-13(16,17)11-3-2-4-12(7-11)15(19)6-5-14(8-15)9-18-10-14/h2-4,7,18-19H,5-6,8-10H2,1H3/t15-/m1/s1. The largest absolute Gasteiger partial charge is 0.385 e. The molecule has 104 valence electrons. The fourth-order valence-electron chi connectivity index (χ4n) is 3.38. The number of benzene rings is 1. The molecule has 3 rings (SSSR count). The molecule has 0 amide bonds. The van der Waals surface area contributed by atoms with Crippen LogP contribution in [0.1, 0.15) is 37.3 Å². The SMILES string of the molecule is CC(F)(F)c1cccc([C@@]2(O)CCC3(CNC3)C2)c1. The zero-order valence-corrected chi connectivity index (χ0v) is 11.0. The zero-order valence-electron chi connectivity index (χ0n) is 11.0. The minimum atomic E-state index is -2.86. The topological polar surface area (TPSA) is 32.3 Å². The van der Waals surface area contributed by atoms with E-state index in [0.717, 1.165) is 26.4 Å². The lowest BCUT2D eigenvalue weighted by molar-refractivity contribution is 0.0125. The van der Waals surface area contributed by atoms with Gasteiger partial charge in [0.25, 0.3) is 5.92 Å². The van der Waals surface area contributed by atoms with Crippen LogP contribution in [-0.2, 0) is 11.5 Å². The summed E-state index contributed by atoms with van der Waals surface area (Å²) in [6.07, 6.45) is 2.29. The second-order valence-corrected chi connectivity index (χ2v) is 6.28. The minimum Gasteiger partial charge on any atom is -0.385 e. The van der Waals surface area contributed by atoms with E-state index >= 15 is 0 Å². The first-order chi connectivity index (χ1) is 8.83. The number of nitrogens with one attached hydrogen (secondary N) is 1. The van der Waals surface area contributed by atoms with E-state index in [-0.39, 0.29) is 11.0 Å². The normalized spacial score (nSPS) is 29.5. The van der Waals surface area contributed by atoms with Gasteiger partial charge in [-0.2, -0.15) is 0 Å². The van der Waals surface area contributed by atoms with Gasteiger partial charge in [0.1, 0.15) is 0 Å². The van der Waals surface area contributed by atoms with Crippen LogP contribution in [0, 0.1) is 5.41 Å². The van der Waals surface area contributed by atoms with Crippen LogP contribution in [0.5, 0.6) is 0 Å². The fraction of sp³-hybridized carbons (Fsp3) is 0.600. The molecule has 1 saturated carbocycles. The predicted molar refractivity (Wildman–Crippen MR) is 69.1 cm³/mol. The van der Waals surface area contributed by atoms with Crippen LogP contribution in [0.25, 0.3) is 0 Å². The Morgan fingerprint density at radius 1 is 1.26 bits per heavy atom. The molecule has 0 aromatic heterocycles. The average Bonchev–Trinajstić information content (AvgIpc) is 2.68. The third-order valence-corrected chi connectivity index (χ3v) is 4.64. The van der Waals surface area contributed by atoms with Crippen molar-refractivity contribution in [2.45, 2.75) is 37.7 Å². The molecule has 0 unspecified atom stereocenters. The summed E-state index contributed by atoms with van der Waals surface area (Å²) in [6.45, 7) is 2.75. The Balaban J connectivity index is 1.90. The van der Waals surface area contributed by atoms with Gasteiger partial charge in [-0.05, 0) is 36.3 Å². The molecule has 1 aliphatic carbocycles. The summed E-state index contributed by atoms with van der Waals surface area (Å²) in [4.78, 5) is 0. The van der Waals surface area contributed by atoms with Crippen molar-refractivity contribution >= 4 is 0 Å². The summed E-state index contributed by atoms with van der Waals surface area (Å²) >= 11 is 0. The molecule has 1 heterocycles. The fourth-order valence-corrected chi connectivity index (χ4v) is 3.38. The van der Waals surface area contributed by atoms with E-state index in [2.05, 4.69) is 5.32 Å². The molecule has 2 N–H and O–H groups in total. The Morgan fingerprint density at radius 3 is 2.53 bits per heavy atom. The minimum absolute atomic E-state index is 0.0221. The van der Waals surface area contributed by atoms with Crippen molar-refractivity contribution in [3.05, 3.63) is 35.4 Å². The van der Waals surface area contributed by atoms with E-state index in [4.69, 9.17) is 0 Å². The third-order valence-electron chi connectivity index (χ3n) is 4.64. The summed E-state index contributed by atoms with van der Waals surface area (Å²) in [5.41, 5.74) is -0.149. The zero-order chi connectivity index (χ0) is 13.7. The average molecular weight is 267 g/mol. The molecule has 2 aliphatic rings. The van der Waals surface area contributed by atoms with Gasteiger partial charge in [-0.1, -0.05) is 18.2 Å². The lowest BCUT2D eigenvalue weighted by atomic mass is 9.77. The first-order valence-corrected chi connectivity index (χ1v) is 6.75. The van der Waals surface area contributed by atoms with Crippen LogP contribution in [0.4, 0.5) is 8.78 Å². The van der Waals surface area contributed by atoms with Crippen LogP contribution in [0.2, 0.25) is 0 Å². The lowest BCUT2D eigenvalue weighted by Gasteiger charge is -2.40. The smallest absolute Gasteiger partial charge is 0.270 e. The maximum atomic E-state index is 13.4. The van der Waals surface area contributed by atoms with Crippen molar-refractivity contribution in [2.24, 2.45) is 5.41 Å². The summed E-state index contributed by atoms with van der Waals surface area (Å²) in [7, 11) is 0. The number of hydrogen-bond acceptors (Lipinski definition) is 2. The van der Waals surface area contributed by atoms with Gasteiger partial charge in [-0.15, -0.1) is 0 Å². The first-order valence-electron chi connectivity index (χ1n) is 6.75. The Morgan fingerprint density at radius 2 is 2.00 bits per heavy atom. The Labute approximate surface area is 111 Å². The van der Waals surface area contributed by atoms with Crippen LogP contribution >= 0.6 is 0 Å².